The van der Waals surface area contributed by atoms with E-state index < -0.39 is 0 Å². The van der Waals surface area contributed by atoms with Crippen LogP contribution in [-0.2, 0) is 14.3 Å². The second-order valence-electron chi connectivity index (χ2n) is 4.45. The number of hydrazone groups is 1. The fraction of sp³-hybridized carbons (Fsp3) is 0.727. The predicted molar refractivity (Wildman–Crippen MR) is 61.4 cm³/mol. The molecule has 6 heteroatoms. The highest BCUT2D eigenvalue weighted by atomic mass is 16.5. The molecule has 1 unspecified atom stereocenters. The van der Waals surface area contributed by atoms with Crippen molar-refractivity contribution in [3.63, 3.8) is 0 Å². The van der Waals surface area contributed by atoms with Gasteiger partial charge in [-0.15, -0.1) is 0 Å². The van der Waals surface area contributed by atoms with E-state index in [1.807, 2.05) is 0 Å². The monoisotopic (exact) mass is 239 g/mol. The van der Waals surface area contributed by atoms with Crippen LogP contribution in [-0.4, -0.2) is 49.2 Å². The average Bonchev–Trinajstić information content (AvgIpc) is 2.78. The zero-order valence-corrected chi connectivity index (χ0v) is 9.94. The molecule has 1 fully saturated rings. The standard InChI is InChI=1S/C11H17N3O3/c1-17-7-8-4-5-14(6-8)11(16)9-2-3-10(15)13-12-9/h8H,2-7H2,1H3,(H,13,15). The fourth-order valence-electron chi connectivity index (χ4n) is 2.20. The molecule has 94 valence electrons. The molecule has 6 nitrogen and oxygen atoms in total. The number of carbonyl (C=O) groups is 2. The number of likely N-dealkylation sites (tertiary alicyclic amines) is 1. The lowest BCUT2D eigenvalue weighted by Gasteiger charge is -2.19. The molecular formula is C11H17N3O3. The van der Waals surface area contributed by atoms with Gasteiger partial charge in [-0.1, -0.05) is 0 Å². The third kappa shape index (κ3) is 2.82. The summed E-state index contributed by atoms with van der Waals surface area (Å²) in [7, 11) is 1.67. The summed E-state index contributed by atoms with van der Waals surface area (Å²) in [6.45, 7) is 2.16. The number of hydrogen-bond acceptors (Lipinski definition) is 4. The molecule has 1 atom stereocenters. The van der Waals surface area contributed by atoms with Crippen LogP contribution in [0, 0.1) is 5.92 Å². The molecule has 0 saturated carbocycles. The Balaban J connectivity index is 1.91. The lowest BCUT2D eigenvalue weighted by atomic mass is 10.1. The minimum absolute atomic E-state index is 0.0522. The summed E-state index contributed by atoms with van der Waals surface area (Å²) in [6, 6.07) is 0. The van der Waals surface area contributed by atoms with E-state index in [9.17, 15) is 9.59 Å². The van der Waals surface area contributed by atoms with Crippen molar-refractivity contribution in [3.05, 3.63) is 0 Å². The Labute approximate surface area is 100.0 Å². The third-order valence-electron chi connectivity index (χ3n) is 3.13. The first kappa shape index (κ1) is 12.0. The molecule has 0 aromatic heterocycles. The summed E-state index contributed by atoms with van der Waals surface area (Å²) >= 11 is 0. The Morgan fingerprint density at radius 2 is 2.41 bits per heavy atom. The summed E-state index contributed by atoms with van der Waals surface area (Å²) < 4.78 is 5.09. The summed E-state index contributed by atoms with van der Waals surface area (Å²) in [5, 5.41) is 3.82. The Bertz CT molecular complexity index is 354. The topological polar surface area (TPSA) is 71.0 Å². The molecule has 2 heterocycles. The van der Waals surface area contributed by atoms with E-state index in [0.717, 1.165) is 19.5 Å². The smallest absolute Gasteiger partial charge is 0.270 e. The van der Waals surface area contributed by atoms with Crippen LogP contribution in [0.25, 0.3) is 0 Å². The minimum Gasteiger partial charge on any atom is -0.384 e. The number of methoxy groups -OCH3 is 1. The lowest BCUT2D eigenvalue weighted by Crippen LogP contribution is -2.39. The SMILES string of the molecule is COCC1CCN(C(=O)C2=NNC(=O)CC2)C1. The zero-order valence-electron chi connectivity index (χ0n) is 9.94. The maximum absolute atomic E-state index is 12.1. The quantitative estimate of drug-likeness (QED) is 0.738. The molecule has 0 aliphatic carbocycles. The van der Waals surface area contributed by atoms with Crippen LogP contribution in [0.15, 0.2) is 5.10 Å². The van der Waals surface area contributed by atoms with Gasteiger partial charge in [0.15, 0.2) is 0 Å². The van der Waals surface area contributed by atoms with Gasteiger partial charge in [-0.05, 0) is 6.42 Å². The van der Waals surface area contributed by atoms with Crippen LogP contribution in [0.3, 0.4) is 0 Å². The molecule has 1 saturated heterocycles. The number of amides is 2. The van der Waals surface area contributed by atoms with Crippen molar-refractivity contribution >= 4 is 17.5 Å². The Hall–Kier alpha value is -1.43. The second kappa shape index (κ2) is 5.27. The van der Waals surface area contributed by atoms with Gasteiger partial charge in [0, 0.05) is 39.0 Å². The average molecular weight is 239 g/mol. The number of nitrogens with zero attached hydrogens (tertiary/aromatic N) is 2. The molecule has 2 aliphatic rings. The lowest BCUT2D eigenvalue weighted by molar-refractivity contribution is -0.124. The molecule has 0 bridgehead atoms. The summed E-state index contributed by atoms with van der Waals surface area (Å²) in [5.41, 5.74) is 2.81. The first-order chi connectivity index (χ1) is 8.20. The van der Waals surface area contributed by atoms with Crippen molar-refractivity contribution in [2.24, 2.45) is 11.0 Å². The molecule has 2 rings (SSSR count). The molecule has 2 aliphatic heterocycles. The first-order valence-corrected chi connectivity index (χ1v) is 5.84. The number of nitrogens with one attached hydrogen (secondary N) is 1. The highest BCUT2D eigenvalue weighted by molar-refractivity contribution is 6.39. The van der Waals surface area contributed by atoms with E-state index in [2.05, 4.69) is 10.5 Å². The van der Waals surface area contributed by atoms with Gasteiger partial charge < -0.3 is 9.64 Å². The summed E-state index contributed by atoms with van der Waals surface area (Å²) in [6.07, 6.45) is 1.76. The number of rotatable bonds is 3. The van der Waals surface area contributed by atoms with Gasteiger partial charge in [0.2, 0.25) is 5.91 Å². The first-order valence-electron chi connectivity index (χ1n) is 5.84. The van der Waals surface area contributed by atoms with Gasteiger partial charge in [-0.3, -0.25) is 9.59 Å². The molecule has 0 radical (unpaired) electrons. The van der Waals surface area contributed by atoms with Gasteiger partial charge in [-0.25, -0.2) is 5.43 Å². The van der Waals surface area contributed by atoms with Crippen molar-refractivity contribution in [1.82, 2.24) is 10.3 Å². The van der Waals surface area contributed by atoms with E-state index in [1.165, 1.54) is 0 Å². The van der Waals surface area contributed by atoms with Crippen LogP contribution in [0.2, 0.25) is 0 Å². The highest BCUT2D eigenvalue weighted by Crippen LogP contribution is 2.17. The van der Waals surface area contributed by atoms with Crippen molar-refractivity contribution in [1.29, 1.82) is 0 Å². The van der Waals surface area contributed by atoms with Gasteiger partial charge in [0.1, 0.15) is 5.71 Å². The van der Waals surface area contributed by atoms with Crippen molar-refractivity contribution in [2.45, 2.75) is 19.3 Å². The van der Waals surface area contributed by atoms with E-state index in [1.54, 1.807) is 12.0 Å². The molecular weight excluding hydrogens is 222 g/mol. The van der Waals surface area contributed by atoms with Gasteiger partial charge in [0.05, 0.1) is 6.61 Å². The Kier molecular flexibility index (Phi) is 3.73. The second-order valence-corrected chi connectivity index (χ2v) is 4.45. The molecule has 0 aromatic carbocycles. The number of ether oxygens (including phenoxy) is 1. The predicted octanol–water partition coefficient (Wildman–Crippen LogP) is -0.253. The molecule has 1 N–H and O–H groups in total. The fourth-order valence-corrected chi connectivity index (χ4v) is 2.20. The van der Waals surface area contributed by atoms with Crippen molar-refractivity contribution in [3.8, 4) is 0 Å². The van der Waals surface area contributed by atoms with Crippen molar-refractivity contribution in [2.75, 3.05) is 26.8 Å². The van der Waals surface area contributed by atoms with Gasteiger partial charge in [0.25, 0.3) is 5.91 Å². The molecule has 2 amide bonds. The van der Waals surface area contributed by atoms with Crippen LogP contribution < -0.4 is 5.43 Å². The maximum Gasteiger partial charge on any atom is 0.270 e. The van der Waals surface area contributed by atoms with Crippen molar-refractivity contribution < 1.29 is 14.3 Å². The van der Waals surface area contributed by atoms with Crippen LogP contribution >= 0.6 is 0 Å². The van der Waals surface area contributed by atoms with Crippen LogP contribution in [0.4, 0.5) is 0 Å². The molecule has 17 heavy (non-hydrogen) atoms. The Morgan fingerprint density at radius 1 is 1.59 bits per heavy atom. The highest BCUT2D eigenvalue weighted by Gasteiger charge is 2.29. The third-order valence-corrected chi connectivity index (χ3v) is 3.13. The van der Waals surface area contributed by atoms with E-state index in [0.29, 0.717) is 31.1 Å². The van der Waals surface area contributed by atoms with E-state index >= 15 is 0 Å². The zero-order chi connectivity index (χ0) is 12.3. The van der Waals surface area contributed by atoms with Crippen LogP contribution in [0.5, 0.6) is 0 Å². The minimum atomic E-state index is -0.125. The normalized spacial score (nSPS) is 24.5. The molecule has 0 spiro atoms. The maximum atomic E-state index is 12.1. The van der Waals surface area contributed by atoms with Crippen LogP contribution in [0.1, 0.15) is 19.3 Å². The van der Waals surface area contributed by atoms with E-state index in [4.69, 9.17) is 4.74 Å². The molecule has 0 aromatic rings. The Morgan fingerprint density at radius 3 is 3.06 bits per heavy atom. The summed E-state index contributed by atoms with van der Waals surface area (Å²) in [5.74, 6) is 0.242. The number of hydrogen-bond donors (Lipinski definition) is 1. The largest absolute Gasteiger partial charge is 0.384 e. The summed E-state index contributed by atoms with van der Waals surface area (Å²) in [4.78, 5) is 24.8. The number of carbonyl (C=O) groups excluding carboxylic acids is 2. The van der Waals surface area contributed by atoms with E-state index in [-0.39, 0.29) is 11.8 Å². The van der Waals surface area contributed by atoms with Gasteiger partial charge in [-0.2, -0.15) is 5.10 Å². The van der Waals surface area contributed by atoms with Gasteiger partial charge >= 0.3 is 0 Å².